The Hall–Kier alpha value is -4.33. The van der Waals surface area contributed by atoms with Crippen molar-refractivity contribution in [2.45, 2.75) is 25.9 Å². The molecule has 3 aromatic rings. The van der Waals surface area contributed by atoms with E-state index in [1.54, 1.807) is 41.3 Å². The Balaban J connectivity index is 1.53. The number of hydrogen-bond acceptors (Lipinski definition) is 5. The van der Waals surface area contributed by atoms with Gasteiger partial charge in [0.05, 0.1) is 31.0 Å². The van der Waals surface area contributed by atoms with Gasteiger partial charge in [0.15, 0.2) is 11.5 Å². The van der Waals surface area contributed by atoms with E-state index in [2.05, 4.69) is 19.2 Å². The normalized spacial score (nSPS) is 16.0. The molecular formula is C28H27N3O5. The summed E-state index contributed by atoms with van der Waals surface area (Å²) in [5.74, 6) is 0.0869. The second-order valence-corrected chi connectivity index (χ2v) is 9.09. The lowest BCUT2D eigenvalue weighted by atomic mass is 10.0. The van der Waals surface area contributed by atoms with E-state index >= 15 is 0 Å². The van der Waals surface area contributed by atoms with Crippen LogP contribution in [0.1, 0.15) is 57.8 Å². The zero-order valence-corrected chi connectivity index (χ0v) is 20.6. The summed E-state index contributed by atoms with van der Waals surface area (Å²) in [6.07, 6.45) is -0.788. The van der Waals surface area contributed by atoms with Crippen LogP contribution >= 0.6 is 0 Å². The number of nitrogens with zero attached hydrogens (tertiary/aromatic N) is 2. The van der Waals surface area contributed by atoms with E-state index < -0.39 is 6.17 Å². The molecule has 8 nitrogen and oxygen atoms in total. The quantitative estimate of drug-likeness (QED) is 0.552. The van der Waals surface area contributed by atoms with Gasteiger partial charge < -0.3 is 19.7 Å². The SMILES string of the molecule is COc1ccc2c(c1OC)C(=O)N1c3ccccc3C(=O)N(CC(=O)Nc3ccc(C(C)C)cc3)[C@H]21. The van der Waals surface area contributed by atoms with Gasteiger partial charge in [-0.05, 0) is 41.8 Å². The lowest BCUT2D eigenvalue weighted by Crippen LogP contribution is -2.50. The van der Waals surface area contributed by atoms with Gasteiger partial charge in [0.1, 0.15) is 12.7 Å². The molecule has 0 saturated carbocycles. The summed E-state index contributed by atoms with van der Waals surface area (Å²) in [7, 11) is 2.97. The van der Waals surface area contributed by atoms with Crippen LogP contribution in [0.25, 0.3) is 0 Å². The van der Waals surface area contributed by atoms with Crippen LogP contribution in [-0.4, -0.2) is 43.4 Å². The fraction of sp³-hybridized carbons (Fsp3) is 0.250. The molecule has 3 aromatic carbocycles. The Morgan fingerprint density at radius 2 is 1.67 bits per heavy atom. The Morgan fingerprint density at radius 1 is 0.944 bits per heavy atom. The van der Waals surface area contributed by atoms with Gasteiger partial charge in [-0.25, -0.2) is 0 Å². The van der Waals surface area contributed by atoms with Crippen LogP contribution in [0.3, 0.4) is 0 Å². The topological polar surface area (TPSA) is 88.2 Å². The molecule has 0 aliphatic carbocycles. The second kappa shape index (κ2) is 9.03. The summed E-state index contributed by atoms with van der Waals surface area (Å²) in [5.41, 5.74) is 3.55. The first-order valence-corrected chi connectivity index (χ1v) is 11.7. The first-order chi connectivity index (χ1) is 17.3. The molecule has 0 saturated heterocycles. The van der Waals surface area contributed by atoms with E-state index in [0.717, 1.165) is 5.56 Å². The molecule has 5 rings (SSSR count). The third kappa shape index (κ3) is 3.66. The van der Waals surface area contributed by atoms with E-state index in [9.17, 15) is 14.4 Å². The molecule has 184 valence electrons. The second-order valence-electron chi connectivity index (χ2n) is 9.09. The van der Waals surface area contributed by atoms with Crippen molar-refractivity contribution in [3.05, 3.63) is 82.9 Å². The Labute approximate surface area is 209 Å². The van der Waals surface area contributed by atoms with Crippen LogP contribution in [0.5, 0.6) is 11.5 Å². The maximum absolute atomic E-state index is 13.7. The predicted octanol–water partition coefficient (Wildman–Crippen LogP) is 4.58. The minimum Gasteiger partial charge on any atom is -0.493 e. The third-order valence-corrected chi connectivity index (χ3v) is 6.66. The average Bonchev–Trinajstić information content (AvgIpc) is 3.18. The number of hydrogen-bond donors (Lipinski definition) is 1. The zero-order chi connectivity index (χ0) is 25.6. The predicted molar refractivity (Wildman–Crippen MR) is 136 cm³/mol. The van der Waals surface area contributed by atoms with Gasteiger partial charge in [0.2, 0.25) is 5.91 Å². The molecule has 36 heavy (non-hydrogen) atoms. The molecular weight excluding hydrogens is 458 g/mol. The van der Waals surface area contributed by atoms with E-state index in [4.69, 9.17) is 9.47 Å². The van der Waals surface area contributed by atoms with Crippen LogP contribution in [-0.2, 0) is 4.79 Å². The number of rotatable bonds is 6. The van der Waals surface area contributed by atoms with Gasteiger partial charge in [-0.1, -0.05) is 44.2 Å². The maximum Gasteiger partial charge on any atom is 0.264 e. The van der Waals surface area contributed by atoms with Crippen molar-refractivity contribution in [2.24, 2.45) is 0 Å². The minimum atomic E-state index is -0.788. The van der Waals surface area contributed by atoms with Gasteiger partial charge in [-0.2, -0.15) is 0 Å². The molecule has 0 bridgehead atoms. The molecule has 2 aliphatic heterocycles. The molecule has 3 amide bonds. The highest BCUT2D eigenvalue weighted by Crippen LogP contribution is 2.49. The zero-order valence-electron chi connectivity index (χ0n) is 20.6. The molecule has 0 unspecified atom stereocenters. The molecule has 0 aromatic heterocycles. The van der Waals surface area contributed by atoms with Crippen molar-refractivity contribution in [3.63, 3.8) is 0 Å². The Morgan fingerprint density at radius 3 is 2.33 bits per heavy atom. The van der Waals surface area contributed by atoms with Crippen molar-refractivity contribution in [1.82, 2.24) is 4.90 Å². The molecule has 0 radical (unpaired) electrons. The van der Waals surface area contributed by atoms with Crippen LogP contribution in [0.4, 0.5) is 11.4 Å². The highest BCUT2D eigenvalue weighted by Gasteiger charge is 2.50. The number of fused-ring (bicyclic) bond motifs is 5. The van der Waals surface area contributed by atoms with Crippen LogP contribution in [0.15, 0.2) is 60.7 Å². The summed E-state index contributed by atoms with van der Waals surface area (Å²) < 4.78 is 10.9. The summed E-state index contributed by atoms with van der Waals surface area (Å²) in [6, 6.07) is 18.0. The molecule has 1 atom stereocenters. The largest absolute Gasteiger partial charge is 0.493 e. The van der Waals surface area contributed by atoms with Crippen molar-refractivity contribution in [3.8, 4) is 11.5 Å². The van der Waals surface area contributed by atoms with Gasteiger partial charge in [-0.15, -0.1) is 0 Å². The fourth-order valence-corrected chi connectivity index (χ4v) is 4.89. The van der Waals surface area contributed by atoms with Crippen LogP contribution in [0, 0.1) is 0 Å². The van der Waals surface area contributed by atoms with Gasteiger partial charge >= 0.3 is 0 Å². The van der Waals surface area contributed by atoms with Gasteiger partial charge in [-0.3, -0.25) is 19.3 Å². The average molecular weight is 486 g/mol. The molecule has 2 heterocycles. The third-order valence-electron chi connectivity index (χ3n) is 6.66. The molecule has 8 heteroatoms. The van der Waals surface area contributed by atoms with E-state index in [0.29, 0.717) is 45.5 Å². The van der Waals surface area contributed by atoms with E-state index in [1.807, 2.05) is 24.3 Å². The molecule has 2 aliphatic rings. The van der Waals surface area contributed by atoms with Crippen LogP contribution in [0.2, 0.25) is 0 Å². The number of benzene rings is 3. The Bertz CT molecular complexity index is 1370. The van der Waals surface area contributed by atoms with Crippen molar-refractivity contribution >= 4 is 29.1 Å². The van der Waals surface area contributed by atoms with Crippen LogP contribution < -0.4 is 19.7 Å². The monoisotopic (exact) mass is 485 g/mol. The number of anilines is 2. The maximum atomic E-state index is 13.7. The van der Waals surface area contributed by atoms with Crippen molar-refractivity contribution < 1.29 is 23.9 Å². The summed E-state index contributed by atoms with van der Waals surface area (Å²) in [6.45, 7) is 3.97. The first kappa shape index (κ1) is 23.4. The molecule has 0 spiro atoms. The number of carbonyl (C=O) groups is 3. The lowest BCUT2D eigenvalue weighted by Gasteiger charge is -2.40. The van der Waals surface area contributed by atoms with Gasteiger partial charge in [0, 0.05) is 11.3 Å². The smallest absolute Gasteiger partial charge is 0.264 e. The summed E-state index contributed by atoms with van der Waals surface area (Å²) in [5, 5.41) is 2.87. The van der Waals surface area contributed by atoms with Gasteiger partial charge in [0.25, 0.3) is 11.8 Å². The number of methoxy groups -OCH3 is 2. The highest BCUT2D eigenvalue weighted by molar-refractivity contribution is 6.18. The fourth-order valence-electron chi connectivity index (χ4n) is 4.89. The number of ether oxygens (including phenoxy) is 2. The number of carbonyl (C=O) groups excluding carboxylic acids is 3. The van der Waals surface area contributed by atoms with E-state index in [1.165, 1.54) is 19.1 Å². The standard InChI is InChI=1S/C28H27N3O5/c1-16(2)17-9-11-18(12-10-17)29-23(32)15-30-26-20-13-14-22(35-3)25(36-4)24(20)28(34)31(26)21-8-6-5-7-19(21)27(30)33/h5-14,16,26H,15H2,1-4H3,(H,29,32)/t26-/m0/s1. The summed E-state index contributed by atoms with van der Waals surface area (Å²) >= 11 is 0. The number of para-hydroxylation sites is 1. The number of nitrogens with one attached hydrogen (secondary N) is 1. The van der Waals surface area contributed by atoms with E-state index in [-0.39, 0.29) is 24.3 Å². The minimum absolute atomic E-state index is 0.235. The summed E-state index contributed by atoms with van der Waals surface area (Å²) in [4.78, 5) is 43.4. The molecule has 1 N–H and O–H groups in total. The van der Waals surface area contributed by atoms with Crippen molar-refractivity contribution in [1.29, 1.82) is 0 Å². The van der Waals surface area contributed by atoms with Crippen molar-refractivity contribution in [2.75, 3.05) is 31.0 Å². The molecule has 0 fully saturated rings. The number of amides is 3. The Kier molecular flexibility index (Phi) is 5.88. The first-order valence-electron chi connectivity index (χ1n) is 11.7. The lowest BCUT2D eigenvalue weighted by molar-refractivity contribution is -0.117. The highest BCUT2D eigenvalue weighted by atomic mass is 16.5.